The van der Waals surface area contributed by atoms with Gasteiger partial charge >= 0.3 is 0 Å². The normalized spacial score (nSPS) is 12.3. The predicted octanol–water partition coefficient (Wildman–Crippen LogP) is 4.72. The summed E-state index contributed by atoms with van der Waals surface area (Å²) >= 11 is 0. The first-order valence-corrected chi connectivity index (χ1v) is 10.6. The van der Waals surface area contributed by atoms with Crippen molar-refractivity contribution in [3.8, 4) is 0 Å². The van der Waals surface area contributed by atoms with Crippen LogP contribution in [0.15, 0.2) is 84.9 Å². The number of nitrogens with one attached hydrogen (secondary N) is 3. The molecule has 3 rings (SSSR count). The Balaban J connectivity index is 1.78. The van der Waals surface area contributed by atoms with Crippen LogP contribution >= 0.6 is 0 Å². The van der Waals surface area contributed by atoms with E-state index in [-0.39, 0.29) is 23.3 Å². The molecule has 0 radical (unpaired) electrons. The molecule has 6 nitrogen and oxygen atoms in total. The highest BCUT2D eigenvalue weighted by molar-refractivity contribution is 6.10. The minimum atomic E-state index is -0.731. The Labute approximate surface area is 188 Å². The van der Waals surface area contributed by atoms with Crippen LogP contribution in [0.2, 0.25) is 0 Å². The second-order valence-corrected chi connectivity index (χ2v) is 7.56. The summed E-state index contributed by atoms with van der Waals surface area (Å²) in [6.45, 7) is 3.88. The monoisotopic (exact) mass is 429 g/mol. The van der Waals surface area contributed by atoms with Gasteiger partial charge in [0.15, 0.2) is 0 Å². The smallest absolute Gasteiger partial charge is 0.255 e. The number of para-hydroxylation sites is 2. The lowest BCUT2D eigenvalue weighted by Gasteiger charge is -2.24. The Hall–Kier alpha value is -3.93. The third-order valence-corrected chi connectivity index (χ3v) is 5.28. The molecule has 164 valence electrons. The largest absolute Gasteiger partial charge is 0.340 e. The van der Waals surface area contributed by atoms with Gasteiger partial charge in [-0.1, -0.05) is 68.8 Å². The fourth-order valence-corrected chi connectivity index (χ4v) is 3.24. The van der Waals surface area contributed by atoms with Gasteiger partial charge in [0, 0.05) is 11.3 Å². The van der Waals surface area contributed by atoms with Gasteiger partial charge in [-0.25, -0.2) is 0 Å². The lowest BCUT2D eigenvalue weighted by atomic mass is 9.97. The van der Waals surface area contributed by atoms with Gasteiger partial charge in [-0.05, 0) is 42.3 Å². The Morgan fingerprint density at radius 3 is 2.00 bits per heavy atom. The first-order valence-electron chi connectivity index (χ1n) is 10.6. The van der Waals surface area contributed by atoms with Crippen LogP contribution in [0.25, 0.3) is 0 Å². The molecule has 0 fully saturated rings. The first kappa shape index (κ1) is 22.7. The van der Waals surface area contributed by atoms with Gasteiger partial charge in [-0.15, -0.1) is 0 Å². The number of carbonyl (C=O) groups excluding carboxylic acids is 3. The number of anilines is 2. The molecule has 0 saturated carbocycles. The zero-order valence-corrected chi connectivity index (χ0v) is 18.2. The Morgan fingerprint density at radius 2 is 1.34 bits per heavy atom. The lowest BCUT2D eigenvalue weighted by Crippen LogP contribution is -2.47. The van der Waals surface area contributed by atoms with E-state index in [2.05, 4.69) is 16.0 Å². The van der Waals surface area contributed by atoms with Gasteiger partial charge in [0.2, 0.25) is 5.91 Å². The van der Waals surface area contributed by atoms with Crippen LogP contribution in [-0.2, 0) is 4.79 Å². The van der Waals surface area contributed by atoms with E-state index in [4.69, 9.17) is 0 Å². The second-order valence-electron chi connectivity index (χ2n) is 7.56. The summed E-state index contributed by atoms with van der Waals surface area (Å²) in [4.78, 5) is 38.6. The van der Waals surface area contributed by atoms with Gasteiger partial charge < -0.3 is 16.0 Å². The molecule has 0 unspecified atom stereocenters. The number of benzene rings is 3. The Bertz CT molecular complexity index is 1070. The van der Waals surface area contributed by atoms with Crippen molar-refractivity contribution in [3.05, 3.63) is 96.1 Å². The van der Waals surface area contributed by atoms with Crippen molar-refractivity contribution in [2.75, 3.05) is 10.6 Å². The lowest BCUT2D eigenvalue weighted by molar-refractivity contribution is -0.119. The van der Waals surface area contributed by atoms with Crippen molar-refractivity contribution in [1.29, 1.82) is 0 Å². The highest BCUT2D eigenvalue weighted by Crippen LogP contribution is 2.18. The average Bonchev–Trinajstić information content (AvgIpc) is 2.83. The molecular formula is C26H27N3O3. The topological polar surface area (TPSA) is 87.3 Å². The molecule has 0 aliphatic rings. The van der Waals surface area contributed by atoms with Crippen molar-refractivity contribution in [2.24, 2.45) is 5.92 Å². The van der Waals surface area contributed by atoms with Crippen molar-refractivity contribution < 1.29 is 14.4 Å². The number of hydrogen-bond donors (Lipinski definition) is 3. The maximum Gasteiger partial charge on any atom is 0.255 e. The van der Waals surface area contributed by atoms with Gasteiger partial charge in [0.1, 0.15) is 6.04 Å². The van der Waals surface area contributed by atoms with E-state index in [1.54, 1.807) is 60.7 Å². The maximum atomic E-state index is 13.1. The van der Waals surface area contributed by atoms with E-state index in [1.165, 1.54) is 0 Å². The fraction of sp³-hybridized carbons (Fsp3) is 0.192. The third kappa shape index (κ3) is 5.82. The van der Waals surface area contributed by atoms with Crippen LogP contribution in [0, 0.1) is 5.92 Å². The highest BCUT2D eigenvalue weighted by Gasteiger charge is 2.27. The molecule has 3 aromatic rings. The van der Waals surface area contributed by atoms with E-state index in [1.807, 2.05) is 38.1 Å². The molecule has 0 saturated heterocycles. The molecule has 3 amide bonds. The summed E-state index contributed by atoms with van der Waals surface area (Å²) in [5.41, 5.74) is 1.82. The summed E-state index contributed by atoms with van der Waals surface area (Å²) in [7, 11) is 0. The van der Waals surface area contributed by atoms with Crippen molar-refractivity contribution in [3.63, 3.8) is 0 Å². The molecule has 6 heteroatoms. The second kappa shape index (κ2) is 10.9. The van der Waals surface area contributed by atoms with E-state index in [9.17, 15) is 14.4 Å². The Kier molecular flexibility index (Phi) is 7.75. The van der Waals surface area contributed by atoms with E-state index in [0.29, 0.717) is 23.4 Å². The van der Waals surface area contributed by atoms with Crippen molar-refractivity contribution >= 4 is 29.1 Å². The van der Waals surface area contributed by atoms with E-state index >= 15 is 0 Å². The summed E-state index contributed by atoms with van der Waals surface area (Å²) in [6.07, 6.45) is 0.708. The molecule has 0 heterocycles. The molecule has 32 heavy (non-hydrogen) atoms. The minimum Gasteiger partial charge on any atom is -0.340 e. The zero-order chi connectivity index (χ0) is 22.9. The zero-order valence-electron chi connectivity index (χ0n) is 18.2. The van der Waals surface area contributed by atoms with Gasteiger partial charge in [-0.3, -0.25) is 14.4 Å². The van der Waals surface area contributed by atoms with Crippen molar-refractivity contribution in [1.82, 2.24) is 5.32 Å². The fourth-order valence-electron chi connectivity index (χ4n) is 3.24. The molecular weight excluding hydrogens is 402 g/mol. The van der Waals surface area contributed by atoms with Crippen LogP contribution in [0.5, 0.6) is 0 Å². The predicted molar refractivity (Wildman–Crippen MR) is 127 cm³/mol. The molecule has 3 N–H and O–H groups in total. The summed E-state index contributed by atoms with van der Waals surface area (Å²) in [5, 5.41) is 8.51. The average molecular weight is 430 g/mol. The Morgan fingerprint density at radius 1 is 0.750 bits per heavy atom. The first-order chi connectivity index (χ1) is 15.5. The van der Waals surface area contributed by atoms with E-state index < -0.39 is 11.9 Å². The molecule has 0 aromatic heterocycles. The molecule has 3 aromatic carbocycles. The third-order valence-electron chi connectivity index (χ3n) is 5.28. The highest BCUT2D eigenvalue weighted by atomic mass is 16.2. The molecule has 0 bridgehead atoms. The molecule has 0 aliphatic heterocycles. The standard InChI is InChI=1S/C26H27N3O3/c1-3-18(2)23(26(32)27-20-14-8-5-9-15-20)29-25(31)21-16-10-11-17-22(21)28-24(30)19-12-6-4-7-13-19/h4-18,23H,3H2,1-2H3,(H,27,32)(H,28,30)(H,29,31)/t18-,23+/m0/s1. The van der Waals surface area contributed by atoms with E-state index in [0.717, 1.165) is 0 Å². The van der Waals surface area contributed by atoms with Gasteiger partial charge in [0.05, 0.1) is 11.3 Å². The van der Waals surface area contributed by atoms with Gasteiger partial charge in [0.25, 0.3) is 11.8 Å². The maximum absolute atomic E-state index is 13.1. The molecule has 0 spiro atoms. The quantitative estimate of drug-likeness (QED) is 0.484. The number of amides is 3. The number of hydrogen-bond acceptors (Lipinski definition) is 3. The number of carbonyl (C=O) groups is 3. The van der Waals surface area contributed by atoms with Crippen LogP contribution in [0.3, 0.4) is 0 Å². The summed E-state index contributed by atoms with van der Waals surface area (Å²) in [5.74, 6) is -1.12. The molecule has 0 aliphatic carbocycles. The van der Waals surface area contributed by atoms with Crippen molar-refractivity contribution in [2.45, 2.75) is 26.3 Å². The van der Waals surface area contributed by atoms with Crippen LogP contribution in [-0.4, -0.2) is 23.8 Å². The molecule has 2 atom stereocenters. The number of rotatable bonds is 8. The van der Waals surface area contributed by atoms with Gasteiger partial charge in [-0.2, -0.15) is 0 Å². The minimum absolute atomic E-state index is 0.0891. The summed E-state index contributed by atoms with van der Waals surface area (Å²) < 4.78 is 0. The van der Waals surface area contributed by atoms with Crippen LogP contribution in [0.4, 0.5) is 11.4 Å². The summed E-state index contributed by atoms with van der Waals surface area (Å²) in [6, 6.07) is 23.9. The SMILES string of the molecule is CC[C@H](C)[C@@H](NC(=O)c1ccccc1NC(=O)c1ccccc1)C(=O)Nc1ccccc1. The van der Waals surface area contributed by atoms with Crippen LogP contribution in [0.1, 0.15) is 41.0 Å². The van der Waals surface area contributed by atoms with Crippen LogP contribution < -0.4 is 16.0 Å².